The molecule has 0 aromatic heterocycles. The molecule has 1 aliphatic carbocycles. The molecule has 0 unspecified atom stereocenters. The second-order valence-corrected chi connectivity index (χ2v) is 7.12. The van der Waals surface area contributed by atoms with Crippen LogP contribution in [0.4, 0.5) is 13.2 Å². The minimum absolute atomic E-state index is 0.0473. The predicted molar refractivity (Wildman–Crippen MR) is 87.3 cm³/mol. The van der Waals surface area contributed by atoms with Crippen LogP contribution in [-0.2, 0) is 0 Å². The standard InChI is InChI=1S/C17H18ClF3N2O2/c1-9-6-7-11(8-13(9)18)15(24)23-16(25,17(19,20)21)12-5-3-4-10(2)14(12)22-23/h6-8,10,12,25H,3-5H2,1-2H3/t10-,12-,16-/m1/s1. The monoisotopic (exact) mass is 374 g/mol. The fourth-order valence-corrected chi connectivity index (χ4v) is 3.73. The van der Waals surface area contributed by atoms with Crippen LogP contribution in [0.2, 0.25) is 5.02 Å². The lowest BCUT2D eigenvalue weighted by atomic mass is 9.75. The van der Waals surface area contributed by atoms with Crippen LogP contribution in [0, 0.1) is 18.8 Å². The molecule has 1 aromatic rings. The Morgan fingerprint density at radius 1 is 1.40 bits per heavy atom. The first kappa shape index (κ1) is 18.2. The van der Waals surface area contributed by atoms with Gasteiger partial charge in [-0.25, -0.2) is 0 Å². The molecule has 1 aliphatic heterocycles. The SMILES string of the molecule is Cc1ccc(C(=O)N2N=C3[C@H](C)CCC[C@H]3[C@@]2(O)C(F)(F)F)cc1Cl. The number of halogens is 4. The van der Waals surface area contributed by atoms with Gasteiger partial charge in [-0.15, -0.1) is 0 Å². The van der Waals surface area contributed by atoms with Gasteiger partial charge in [0.2, 0.25) is 0 Å². The molecule has 0 saturated heterocycles. The van der Waals surface area contributed by atoms with Crippen molar-refractivity contribution >= 4 is 23.2 Å². The van der Waals surface area contributed by atoms with Gasteiger partial charge >= 0.3 is 6.18 Å². The fourth-order valence-electron chi connectivity index (χ4n) is 3.55. The second-order valence-electron chi connectivity index (χ2n) is 6.71. The summed E-state index contributed by atoms with van der Waals surface area (Å²) in [6.45, 7) is 3.48. The molecule has 1 heterocycles. The van der Waals surface area contributed by atoms with Gasteiger partial charge in [-0.1, -0.05) is 31.0 Å². The fraction of sp³-hybridized carbons (Fsp3) is 0.529. The zero-order valence-corrected chi connectivity index (χ0v) is 14.5. The van der Waals surface area contributed by atoms with Crippen molar-refractivity contribution in [3.8, 4) is 0 Å². The molecule has 4 nitrogen and oxygen atoms in total. The molecule has 0 bridgehead atoms. The molecule has 0 radical (unpaired) electrons. The van der Waals surface area contributed by atoms with Gasteiger partial charge in [0.1, 0.15) is 0 Å². The van der Waals surface area contributed by atoms with E-state index >= 15 is 0 Å². The van der Waals surface area contributed by atoms with Gasteiger partial charge in [-0.05, 0) is 43.4 Å². The number of amides is 1. The van der Waals surface area contributed by atoms with Crippen LogP contribution in [0.5, 0.6) is 0 Å². The van der Waals surface area contributed by atoms with E-state index in [1.165, 1.54) is 12.1 Å². The van der Waals surface area contributed by atoms with E-state index < -0.39 is 23.7 Å². The third-order valence-electron chi connectivity index (χ3n) is 5.04. The molecule has 8 heteroatoms. The van der Waals surface area contributed by atoms with E-state index in [-0.39, 0.29) is 33.6 Å². The summed E-state index contributed by atoms with van der Waals surface area (Å²) in [6.07, 6.45) is -3.66. The van der Waals surface area contributed by atoms with E-state index in [0.29, 0.717) is 18.4 Å². The average Bonchev–Trinajstić information content (AvgIpc) is 2.85. The Bertz CT molecular complexity index is 750. The van der Waals surface area contributed by atoms with Gasteiger partial charge in [0, 0.05) is 16.3 Å². The van der Waals surface area contributed by atoms with E-state index in [1.54, 1.807) is 19.9 Å². The van der Waals surface area contributed by atoms with Crippen molar-refractivity contribution in [1.29, 1.82) is 0 Å². The van der Waals surface area contributed by atoms with Crippen molar-refractivity contribution in [2.24, 2.45) is 16.9 Å². The Morgan fingerprint density at radius 2 is 2.08 bits per heavy atom. The van der Waals surface area contributed by atoms with Gasteiger partial charge in [0.05, 0.1) is 5.92 Å². The van der Waals surface area contributed by atoms with Crippen molar-refractivity contribution in [2.45, 2.75) is 45.0 Å². The minimum atomic E-state index is -5.02. The molecule has 1 saturated carbocycles. The molecule has 0 spiro atoms. The predicted octanol–water partition coefficient (Wildman–Crippen LogP) is 4.15. The summed E-state index contributed by atoms with van der Waals surface area (Å²) in [6, 6.07) is 4.22. The second kappa shape index (κ2) is 5.99. The summed E-state index contributed by atoms with van der Waals surface area (Å²) in [5, 5.41) is 15.0. The van der Waals surface area contributed by atoms with Crippen molar-refractivity contribution in [3.63, 3.8) is 0 Å². The molecule has 3 rings (SSSR count). The number of alkyl halides is 3. The lowest BCUT2D eigenvalue weighted by molar-refractivity contribution is -0.312. The normalized spacial score (nSPS) is 29.4. The molecule has 25 heavy (non-hydrogen) atoms. The first-order valence-corrected chi connectivity index (χ1v) is 8.43. The van der Waals surface area contributed by atoms with E-state index in [2.05, 4.69) is 5.10 Å². The average molecular weight is 375 g/mol. The molecular weight excluding hydrogens is 357 g/mol. The summed E-state index contributed by atoms with van der Waals surface area (Å²) in [5.41, 5.74) is -2.45. The van der Waals surface area contributed by atoms with Gasteiger partial charge in [0.25, 0.3) is 11.6 Å². The van der Waals surface area contributed by atoms with Gasteiger partial charge in [-0.3, -0.25) is 4.79 Å². The summed E-state index contributed by atoms with van der Waals surface area (Å²) < 4.78 is 41.3. The van der Waals surface area contributed by atoms with Crippen molar-refractivity contribution in [1.82, 2.24) is 5.01 Å². The first-order chi connectivity index (χ1) is 11.6. The Labute approximate surface area is 148 Å². The Balaban J connectivity index is 2.08. The molecular formula is C17H18ClF3N2O2. The van der Waals surface area contributed by atoms with Crippen LogP contribution in [0.3, 0.4) is 0 Å². The summed E-state index contributed by atoms with van der Waals surface area (Å²) in [4.78, 5) is 12.7. The molecule has 1 fully saturated rings. The number of hydrogen-bond donors (Lipinski definition) is 1. The quantitative estimate of drug-likeness (QED) is 0.803. The maximum absolute atomic E-state index is 13.8. The lowest BCUT2D eigenvalue weighted by Crippen LogP contribution is -2.61. The number of carbonyl (C=O) groups is 1. The first-order valence-electron chi connectivity index (χ1n) is 8.05. The van der Waals surface area contributed by atoms with Gasteiger partial charge < -0.3 is 5.11 Å². The topological polar surface area (TPSA) is 52.9 Å². The zero-order valence-electron chi connectivity index (χ0n) is 13.8. The van der Waals surface area contributed by atoms with Crippen LogP contribution in [0.25, 0.3) is 0 Å². The Morgan fingerprint density at radius 3 is 2.68 bits per heavy atom. The largest absolute Gasteiger partial charge is 0.439 e. The maximum Gasteiger partial charge on any atom is 0.439 e. The third-order valence-corrected chi connectivity index (χ3v) is 5.45. The van der Waals surface area contributed by atoms with Crippen LogP contribution < -0.4 is 0 Å². The maximum atomic E-state index is 13.8. The smallest absolute Gasteiger partial charge is 0.362 e. The summed E-state index contributed by atoms with van der Waals surface area (Å²) in [7, 11) is 0. The number of carbonyl (C=O) groups excluding carboxylic acids is 1. The Kier molecular flexibility index (Phi) is 4.36. The number of hydrogen-bond acceptors (Lipinski definition) is 3. The van der Waals surface area contributed by atoms with Gasteiger partial charge in [0.15, 0.2) is 0 Å². The summed E-state index contributed by atoms with van der Waals surface area (Å²) in [5.74, 6) is -2.47. The molecule has 1 aromatic carbocycles. The van der Waals surface area contributed by atoms with Gasteiger partial charge in [-0.2, -0.15) is 23.3 Å². The highest BCUT2D eigenvalue weighted by Gasteiger charge is 2.69. The Hall–Kier alpha value is -1.60. The zero-order chi connectivity index (χ0) is 18.6. The van der Waals surface area contributed by atoms with E-state index in [4.69, 9.17) is 11.6 Å². The highest BCUT2D eigenvalue weighted by Crippen LogP contribution is 2.49. The molecule has 1 amide bonds. The summed E-state index contributed by atoms with van der Waals surface area (Å²) >= 11 is 5.98. The number of nitrogens with zero attached hydrogens (tertiary/aromatic N) is 2. The molecule has 3 atom stereocenters. The highest BCUT2D eigenvalue weighted by atomic mass is 35.5. The molecule has 2 aliphatic rings. The van der Waals surface area contributed by atoms with Crippen LogP contribution in [-0.4, -0.2) is 33.6 Å². The number of aryl methyl sites for hydroxylation is 1. The third kappa shape index (κ3) is 2.73. The van der Waals surface area contributed by atoms with Crippen molar-refractivity contribution in [3.05, 3.63) is 34.3 Å². The number of aliphatic hydroxyl groups is 1. The number of hydrazone groups is 1. The van der Waals surface area contributed by atoms with Crippen molar-refractivity contribution in [2.75, 3.05) is 0 Å². The van der Waals surface area contributed by atoms with E-state index in [9.17, 15) is 23.1 Å². The van der Waals surface area contributed by atoms with Crippen LogP contribution >= 0.6 is 11.6 Å². The lowest BCUT2D eigenvalue weighted by Gasteiger charge is -2.39. The van der Waals surface area contributed by atoms with E-state index in [0.717, 1.165) is 0 Å². The van der Waals surface area contributed by atoms with Crippen LogP contribution in [0.1, 0.15) is 42.1 Å². The molecule has 1 N–H and O–H groups in total. The number of rotatable bonds is 1. The molecule has 136 valence electrons. The van der Waals surface area contributed by atoms with E-state index in [1.807, 2.05) is 0 Å². The van der Waals surface area contributed by atoms with Crippen LogP contribution in [0.15, 0.2) is 23.3 Å². The van der Waals surface area contributed by atoms with Crippen molar-refractivity contribution < 1.29 is 23.1 Å². The number of fused-ring (bicyclic) bond motifs is 1. The number of benzene rings is 1. The highest BCUT2D eigenvalue weighted by molar-refractivity contribution is 6.31. The minimum Gasteiger partial charge on any atom is -0.362 e.